The predicted octanol–water partition coefficient (Wildman–Crippen LogP) is 2.54. The summed E-state index contributed by atoms with van der Waals surface area (Å²) in [6, 6.07) is 0.371. The van der Waals surface area contributed by atoms with E-state index in [9.17, 15) is 4.39 Å². The average Bonchev–Trinajstić information content (AvgIpc) is 2.63. The number of hydrogen-bond donors (Lipinski definition) is 0. The van der Waals surface area contributed by atoms with Gasteiger partial charge in [0.05, 0.1) is 18.4 Å². The summed E-state index contributed by atoms with van der Waals surface area (Å²) < 4.78 is 13.8. The zero-order chi connectivity index (χ0) is 10.4. The second kappa shape index (κ2) is 5.73. The van der Waals surface area contributed by atoms with Crippen LogP contribution in [0.15, 0.2) is 6.20 Å². The molecule has 4 heteroatoms. The van der Waals surface area contributed by atoms with Gasteiger partial charge in [-0.1, -0.05) is 25.0 Å². The Kier molecular flexibility index (Phi) is 4.56. The molecule has 1 atom stereocenters. The lowest BCUT2D eigenvalue weighted by molar-refractivity contribution is 0.433. The molecule has 1 aromatic heterocycles. The van der Waals surface area contributed by atoms with Crippen LogP contribution in [-0.2, 0) is 6.42 Å². The molecule has 3 nitrogen and oxygen atoms in total. The molecule has 1 rings (SSSR count). The Balaban J connectivity index is 2.48. The molecule has 0 saturated carbocycles. The van der Waals surface area contributed by atoms with Crippen molar-refractivity contribution < 1.29 is 4.39 Å². The number of halogens is 1. The highest BCUT2D eigenvalue weighted by molar-refractivity contribution is 4.93. The molecular weight excluding hydrogens is 181 g/mol. The van der Waals surface area contributed by atoms with E-state index < -0.39 is 0 Å². The van der Waals surface area contributed by atoms with E-state index in [2.05, 4.69) is 24.2 Å². The van der Waals surface area contributed by atoms with Crippen LogP contribution in [0.3, 0.4) is 0 Å². The SMILES string of the molecule is CCCCC(C)n1cc(CCF)nn1. The number of aromatic nitrogens is 3. The van der Waals surface area contributed by atoms with Crippen molar-refractivity contribution >= 4 is 0 Å². The van der Waals surface area contributed by atoms with Crippen molar-refractivity contribution in [3.8, 4) is 0 Å². The molecule has 0 saturated heterocycles. The molecule has 0 N–H and O–H groups in total. The maximum Gasteiger partial charge on any atom is 0.0951 e. The van der Waals surface area contributed by atoms with E-state index in [0.717, 1.165) is 12.1 Å². The minimum atomic E-state index is -0.359. The molecule has 0 aliphatic rings. The Labute approximate surface area is 84.3 Å². The van der Waals surface area contributed by atoms with E-state index in [0.29, 0.717) is 12.5 Å². The summed E-state index contributed by atoms with van der Waals surface area (Å²) in [4.78, 5) is 0. The third kappa shape index (κ3) is 3.09. The molecule has 14 heavy (non-hydrogen) atoms. The van der Waals surface area contributed by atoms with Gasteiger partial charge in [0.15, 0.2) is 0 Å². The molecular formula is C10H18FN3. The first kappa shape index (κ1) is 11.1. The second-order valence-electron chi connectivity index (χ2n) is 3.62. The van der Waals surface area contributed by atoms with Crippen LogP contribution < -0.4 is 0 Å². The molecule has 1 heterocycles. The quantitative estimate of drug-likeness (QED) is 0.705. The van der Waals surface area contributed by atoms with Gasteiger partial charge in [0.1, 0.15) is 0 Å². The van der Waals surface area contributed by atoms with Crippen LogP contribution in [0.2, 0.25) is 0 Å². The van der Waals surface area contributed by atoms with Crippen molar-refractivity contribution in [2.75, 3.05) is 6.67 Å². The zero-order valence-corrected chi connectivity index (χ0v) is 8.91. The Hall–Kier alpha value is -0.930. The second-order valence-corrected chi connectivity index (χ2v) is 3.62. The van der Waals surface area contributed by atoms with E-state index in [1.165, 1.54) is 12.8 Å². The fourth-order valence-electron chi connectivity index (χ4n) is 1.37. The fraction of sp³-hybridized carbons (Fsp3) is 0.800. The van der Waals surface area contributed by atoms with E-state index in [1.807, 2.05) is 10.9 Å². The molecule has 0 amide bonds. The molecule has 0 fully saturated rings. The molecule has 80 valence electrons. The van der Waals surface area contributed by atoms with Crippen molar-refractivity contribution in [3.05, 3.63) is 11.9 Å². The number of rotatable bonds is 6. The standard InChI is InChI=1S/C10H18FN3/c1-3-4-5-9(2)14-8-10(6-7-11)12-13-14/h8-9H,3-7H2,1-2H3. The summed E-state index contributed by atoms with van der Waals surface area (Å²) in [5, 5.41) is 7.90. The number of unbranched alkanes of at least 4 members (excludes halogenated alkanes) is 1. The van der Waals surface area contributed by atoms with E-state index in [4.69, 9.17) is 0 Å². The summed E-state index contributed by atoms with van der Waals surface area (Å²) >= 11 is 0. The first-order chi connectivity index (χ1) is 6.77. The van der Waals surface area contributed by atoms with E-state index >= 15 is 0 Å². The van der Waals surface area contributed by atoms with Gasteiger partial charge in [-0.05, 0) is 13.3 Å². The van der Waals surface area contributed by atoms with Gasteiger partial charge in [0, 0.05) is 12.6 Å². The molecule has 0 bridgehead atoms. The van der Waals surface area contributed by atoms with Gasteiger partial charge >= 0.3 is 0 Å². The van der Waals surface area contributed by atoms with Gasteiger partial charge in [-0.2, -0.15) is 0 Å². The van der Waals surface area contributed by atoms with Crippen molar-refractivity contribution in [1.29, 1.82) is 0 Å². The smallest absolute Gasteiger partial charge is 0.0951 e. The highest BCUT2D eigenvalue weighted by Gasteiger charge is 2.06. The van der Waals surface area contributed by atoms with Crippen LogP contribution in [0.5, 0.6) is 0 Å². The first-order valence-electron chi connectivity index (χ1n) is 5.24. The van der Waals surface area contributed by atoms with E-state index in [-0.39, 0.29) is 6.67 Å². The van der Waals surface area contributed by atoms with Crippen molar-refractivity contribution in [2.24, 2.45) is 0 Å². The maximum absolute atomic E-state index is 12.0. The lowest BCUT2D eigenvalue weighted by atomic mass is 10.1. The Morgan fingerprint density at radius 3 is 3.00 bits per heavy atom. The summed E-state index contributed by atoms with van der Waals surface area (Å²) in [5.74, 6) is 0. The lowest BCUT2D eigenvalue weighted by Crippen LogP contribution is -2.05. The van der Waals surface area contributed by atoms with Gasteiger partial charge in [0.25, 0.3) is 0 Å². The van der Waals surface area contributed by atoms with Crippen LogP contribution in [0.25, 0.3) is 0 Å². The topological polar surface area (TPSA) is 30.7 Å². The normalized spacial score (nSPS) is 13.1. The number of aryl methyl sites for hydroxylation is 1. The number of hydrogen-bond acceptors (Lipinski definition) is 2. The molecule has 1 unspecified atom stereocenters. The molecule has 0 aliphatic carbocycles. The largest absolute Gasteiger partial charge is 0.251 e. The Morgan fingerprint density at radius 1 is 1.57 bits per heavy atom. The van der Waals surface area contributed by atoms with Crippen LogP contribution in [0.1, 0.15) is 44.8 Å². The van der Waals surface area contributed by atoms with E-state index in [1.54, 1.807) is 0 Å². The van der Waals surface area contributed by atoms with Gasteiger partial charge in [-0.25, -0.2) is 4.68 Å². The maximum atomic E-state index is 12.0. The van der Waals surface area contributed by atoms with Crippen LogP contribution in [0, 0.1) is 0 Å². The first-order valence-corrected chi connectivity index (χ1v) is 5.24. The Morgan fingerprint density at radius 2 is 2.36 bits per heavy atom. The zero-order valence-electron chi connectivity index (χ0n) is 8.91. The lowest BCUT2D eigenvalue weighted by Gasteiger charge is -2.09. The highest BCUT2D eigenvalue weighted by Crippen LogP contribution is 2.13. The van der Waals surface area contributed by atoms with Crippen LogP contribution in [-0.4, -0.2) is 21.7 Å². The Bertz CT molecular complexity index is 260. The van der Waals surface area contributed by atoms with Crippen LogP contribution in [0.4, 0.5) is 4.39 Å². The third-order valence-corrected chi connectivity index (χ3v) is 2.34. The summed E-state index contributed by atoms with van der Waals surface area (Å²) in [6.45, 7) is 3.92. The monoisotopic (exact) mass is 199 g/mol. The predicted molar refractivity (Wildman–Crippen MR) is 53.9 cm³/mol. The fourth-order valence-corrected chi connectivity index (χ4v) is 1.37. The van der Waals surface area contributed by atoms with Crippen molar-refractivity contribution in [2.45, 2.75) is 45.6 Å². The van der Waals surface area contributed by atoms with Gasteiger partial charge in [-0.3, -0.25) is 4.39 Å². The van der Waals surface area contributed by atoms with Crippen LogP contribution >= 0.6 is 0 Å². The van der Waals surface area contributed by atoms with Gasteiger partial charge < -0.3 is 0 Å². The minimum absolute atomic E-state index is 0.359. The summed E-state index contributed by atoms with van der Waals surface area (Å²) in [7, 11) is 0. The number of alkyl halides is 1. The molecule has 0 radical (unpaired) electrons. The van der Waals surface area contributed by atoms with Gasteiger partial charge in [-0.15, -0.1) is 5.10 Å². The molecule has 0 aromatic carbocycles. The van der Waals surface area contributed by atoms with Crippen molar-refractivity contribution in [3.63, 3.8) is 0 Å². The van der Waals surface area contributed by atoms with Crippen molar-refractivity contribution in [1.82, 2.24) is 15.0 Å². The number of nitrogens with zero attached hydrogens (tertiary/aromatic N) is 3. The molecule has 0 spiro atoms. The average molecular weight is 199 g/mol. The minimum Gasteiger partial charge on any atom is -0.251 e. The highest BCUT2D eigenvalue weighted by atomic mass is 19.1. The molecule has 1 aromatic rings. The molecule has 0 aliphatic heterocycles. The summed E-state index contributed by atoms with van der Waals surface area (Å²) in [5.41, 5.74) is 0.746. The summed E-state index contributed by atoms with van der Waals surface area (Å²) in [6.07, 6.45) is 5.71. The van der Waals surface area contributed by atoms with Gasteiger partial charge in [0.2, 0.25) is 0 Å². The third-order valence-electron chi connectivity index (χ3n) is 2.34.